The number of anilines is 1. The quantitative estimate of drug-likeness (QED) is 0.263. The lowest BCUT2D eigenvalue weighted by molar-refractivity contribution is -0.113. The average molecular weight is 507 g/mol. The molecule has 8 heteroatoms. The van der Waals surface area contributed by atoms with E-state index in [1.54, 1.807) is 36.4 Å². The molecule has 31 heavy (non-hydrogen) atoms. The van der Waals surface area contributed by atoms with Gasteiger partial charge in [-0.3, -0.25) is 9.69 Å². The van der Waals surface area contributed by atoms with Crippen LogP contribution in [0.15, 0.2) is 71.6 Å². The topological polar surface area (TPSA) is 29.5 Å². The monoisotopic (exact) mass is 505 g/mol. The highest BCUT2D eigenvalue weighted by Gasteiger charge is 2.33. The molecule has 0 spiro atoms. The van der Waals surface area contributed by atoms with Crippen LogP contribution in [0.3, 0.4) is 0 Å². The fourth-order valence-corrected chi connectivity index (χ4v) is 4.86. The molecule has 0 atom stereocenters. The second-order valence-corrected chi connectivity index (χ2v) is 9.55. The van der Waals surface area contributed by atoms with Crippen LogP contribution in [0.5, 0.6) is 5.75 Å². The second kappa shape index (κ2) is 9.63. The van der Waals surface area contributed by atoms with Gasteiger partial charge in [0.2, 0.25) is 0 Å². The summed E-state index contributed by atoms with van der Waals surface area (Å²) in [5.41, 5.74) is 2.37. The van der Waals surface area contributed by atoms with Gasteiger partial charge in [0.25, 0.3) is 5.91 Å². The van der Waals surface area contributed by atoms with Gasteiger partial charge in [0.1, 0.15) is 12.4 Å². The molecule has 3 nitrogen and oxygen atoms in total. The van der Waals surface area contributed by atoms with Gasteiger partial charge in [-0.1, -0.05) is 83.0 Å². The molecule has 1 heterocycles. The van der Waals surface area contributed by atoms with Crippen molar-refractivity contribution in [3.05, 3.63) is 97.8 Å². The maximum Gasteiger partial charge on any atom is 0.270 e. The highest BCUT2D eigenvalue weighted by atomic mass is 35.5. The normalized spacial score (nSPS) is 15.1. The van der Waals surface area contributed by atoms with Gasteiger partial charge in [-0.2, -0.15) is 0 Å². The van der Waals surface area contributed by atoms with Gasteiger partial charge in [-0.05, 0) is 54.1 Å². The summed E-state index contributed by atoms with van der Waals surface area (Å²) in [5.74, 6) is 0.518. The van der Waals surface area contributed by atoms with Gasteiger partial charge < -0.3 is 4.74 Å². The minimum absolute atomic E-state index is 0.171. The number of benzene rings is 3. The third-order valence-corrected chi connectivity index (χ3v) is 6.57. The van der Waals surface area contributed by atoms with E-state index >= 15 is 0 Å². The number of hydrogen-bond acceptors (Lipinski definition) is 4. The fraction of sp³-hybridized carbons (Fsp3) is 0.0435. The fourth-order valence-electron chi connectivity index (χ4n) is 2.92. The van der Waals surface area contributed by atoms with E-state index in [4.69, 9.17) is 51.8 Å². The van der Waals surface area contributed by atoms with Gasteiger partial charge in [0, 0.05) is 20.6 Å². The second-order valence-electron chi connectivity index (χ2n) is 6.59. The molecule has 0 N–H and O–H groups in total. The van der Waals surface area contributed by atoms with Crippen molar-refractivity contribution >= 4 is 80.8 Å². The van der Waals surface area contributed by atoms with E-state index in [0.29, 0.717) is 42.3 Å². The Morgan fingerprint density at radius 3 is 2.42 bits per heavy atom. The minimum atomic E-state index is -0.171. The Labute approximate surface area is 204 Å². The van der Waals surface area contributed by atoms with Gasteiger partial charge in [0.05, 0.1) is 10.6 Å². The Morgan fingerprint density at radius 1 is 0.968 bits per heavy atom. The van der Waals surface area contributed by atoms with Crippen molar-refractivity contribution in [2.75, 3.05) is 4.90 Å². The predicted octanol–water partition coefficient (Wildman–Crippen LogP) is 7.63. The first kappa shape index (κ1) is 22.2. The molecule has 1 amide bonds. The van der Waals surface area contributed by atoms with Crippen molar-refractivity contribution in [2.24, 2.45) is 0 Å². The van der Waals surface area contributed by atoms with Gasteiger partial charge in [-0.25, -0.2) is 0 Å². The third kappa shape index (κ3) is 5.25. The molecule has 0 aromatic heterocycles. The number of ether oxygens (including phenoxy) is 1. The van der Waals surface area contributed by atoms with Gasteiger partial charge >= 0.3 is 0 Å². The van der Waals surface area contributed by atoms with Crippen LogP contribution in [0.4, 0.5) is 5.69 Å². The summed E-state index contributed by atoms with van der Waals surface area (Å²) in [6, 6.07) is 19.8. The van der Waals surface area contributed by atoms with Crippen molar-refractivity contribution in [3.63, 3.8) is 0 Å². The molecule has 0 radical (unpaired) electrons. The number of nitrogens with zero attached hydrogens (tertiary/aromatic N) is 1. The Morgan fingerprint density at radius 2 is 1.71 bits per heavy atom. The lowest BCUT2D eigenvalue weighted by Crippen LogP contribution is -2.27. The largest absolute Gasteiger partial charge is 0.489 e. The van der Waals surface area contributed by atoms with Crippen LogP contribution in [-0.2, 0) is 11.4 Å². The highest BCUT2D eigenvalue weighted by molar-refractivity contribution is 8.27. The van der Waals surface area contributed by atoms with Crippen molar-refractivity contribution < 1.29 is 9.53 Å². The molecule has 3 aromatic rings. The first-order valence-corrected chi connectivity index (χ1v) is 11.5. The number of halogens is 3. The number of hydrogen-bond donors (Lipinski definition) is 0. The Hall–Kier alpha value is -2.02. The SMILES string of the molecule is O=C1/C(=C\c2ccc(OCc3ccc(Cl)cc3Cl)cc2)SC(=S)N1c1cccc(Cl)c1. The molecule has 0 bridgehead atoms. The number of carbonyl (C=O) groups excluding carboxylic acids is 1. The molecule has 4 rings (SSSR count). The molecule has 1 fully saturated rings. The maximum atomic E-state index is 12.9. The molecular weight excluding hydrogens is 493 g/mol. The molecule has 0 aliphatic carbocycles. The van der Waals surface area contributed by atoms with Crippen LogP contribution in [0.1, 0.15) is 11.1 Å². The molecule has 1 aliphatic rings. The number of carbonyl (C=O) groups is 1. The summed E-state index contributed by atoms with van der Waals surface area (Å²) in [6.07, 6.45) is 1.81. The van der Waals surface area contributed by atoms with Crippen LogP contribution < -0.4 is 9.64 Å². The van der Waals surface area contributed by atoms with E-state index in [-0.39, 0.29) is 5.91 Å². The number of thiocarbonyl (C=S) groups is 1. The summed E-state index contributed by atoms with van der Waals surface area (Å²) in [6.45, 7) is 0.327. The summed E-state index contributed by atoms with van der Waals surface area (Å²) in [5, 5.41) is 1.69. The van der Waals surface area contributed by atoms with Crippen molar-refractivity contribution in [2.45, 2.75) is 6.61 Å². The summed E-state index contributed by atoms with van der Waals surface area (Å²) in [7, 11) is 0. The number of thioether (sulfide) groups is 1. The zero-order chi connectivity index (χ0) is 22.0. The zero-order valence-corrected chi connectivity index (χ0v) is 19.8. The molecule has 156 valence electrons. The van der Waals surface area contributed by atoms with Crippen molar-refractivity contribution in [1.82, 2.24) is 0 Å². The predicted molar refractivity (Wildman–Crippen MR) is 134 cm³/mol. The smallest absolute Gasteiger partial charge is 0.270 e. The average Bonchev–Trinajstić information content (AvgIpc) is 3.01. The van der Waals surface area contributed by atoms with E-state index in [9.17, 15) is 4.79 Å². The van der Waals surface area contributed by atoms with E-state index in [1.807, 2.05) is 36.4 Å². The first-order valence-electron chi connectivity index (χ1n) is 9.11. The third-order valence-electron chi connectivity index (χ3n) is 4.45. The van der Waals surface area contributed by atoms with Crippen molar-refractivity contribution in [3.8, 4) is 5.75 Å². The summed E-state index contributed by atoms with van der Waals surface area (Å²) in [4.78, 5) is 14.9. The van der Waals surface area contributed by atoms with Crippen LogP contribution in [0, 0.1) is 0 Å². The highest BCUT2D eigenvalue weighted by Crippen LogP contribution is 2.36. The lowest BCUT2D eigenvalue weighted by atomic mass is 10.2. The molecule has 1 saturated heterocycles. The van der Waals surface area contributed by atoms with E-state index in [2.05, 4.69) is 0 Å². The minimum Gasteiger partial charge on any atom is -0.489 e. The Bertz CT molecular complexity index is 1200. The van der Waals surface area contributed by atoms with E-state index < -0.39 is 0 Å². The van der Waals surface area contributed by atoms with Gasteiger partial charge in [0.15, 0.2) is 4.32 Å². The van der Waals surface area contributed by atoms with Crippen molar-refractivity contribution in [1.29, 1.82) is 0 Å². The lowest BCUT2D eigenvalue weighted by Gasteiger charge is -2.14. The summed E-state index contributed by atoms with van der Waals surface area (Å²) >= 11 is 24.8. The standard InChI is InChI=1S/C23H14Cl3NO2S2/c24-16-2-1-3-18(11-16)27-22(28)21(31-23(27)30)10-14-4-8-19(9-5-14)29-13-15-6-7-17(25)12-20(15)26/h1-12H,13H2/b21-10+. The molecule has 1 aliphatic heterocycles. The maximum absolute atomic E-state index is 12.9. The number of amides is 1. The molecule has 0 unspecified atom stereocenters. The Kier molecular flexibility index (Phi) is 6.89. The first-order chi connectivity index (χ1) is 14.9. The van der Waals surface area contributed by atoms with Crippen LogP contribution in [0.25, 0.3) is 6.08 Å². The number of rotatable bonds is 5. The van der Waals surface area contributed by atoms with Crippen LogP contribution in [-0.4, -0.2) is 10.2 Å². The van der Waals surface area contributed by atoms with E-state index in [0.717, 1.165) is 11.1 Å². The molecule has 3 aromatic carbocycles. The molecular formula is C23H14Cl3NO2S2. The summed E-state index contributed by atoms with van der Waals surface area (Å²) < 4.78 is 6.27. The zero-order valence-electron chi connectivity index (χ0n) is 15.8. The Balaban J connectivity index is 1.45. The van der Waals surface area contributed by atoms with Crippen LogP contribution >= 0.6 is 58.8 Å². The van der Waals surface area contributed by atoms with Gasteiger partial charge in [-0.15, -0.1) is 0 Å². The molecule has 0 saturated carbocycles. The van der Waals surface area contributed by atoms with E-state index in [1.165, 1.54) is 16.7 Å². The van der Waals surface area contributed by atoms with Crippen LogP contribution in [0.2, 0.25) is 15.1 Å².